The molecule has 0 saturated heterocycles. The Balaban J connectivity index is 2.69. The molecule has 1 aromatic rings. The zero-order chi connectivity index (χ0) is 12.8. The number of benzene rings is 1. The molecule has 1 N–H and O–H groups in total. The van der Waals surface area contributed by atoms with Crippen molar-refractivity contribution >= 4 is 0 Å². The molecule has 17 heavy (non-hydrogen) atoms. The summed E-state index contributed by atoms with van der Waals surface area (Å²) in [5.74, 6) is -0.238. The predicted octanol–water partition coefficient (Wildman–Crippen LogP) is 2.85. The van der Waals surface area contributed by atoms with Gasteiger partial charge in [-0.1, -0.05) is 19.4 Å². The second-order valence-corrected chi connectivity index (χ2v) is 4.41. The van der Waals surface area contributed by atoms with E-state index < -0.39 is 6.10 Å². The van der Waals surface area contributed by atoms with Gasteiger partial charge in [0, 0.05) is 13.5 Å². The zero-order valence-electron chi connectivity index (χ0n) is 10.7. The highest BCUT2D eigenvalue weighted by atomic mass is 19.1. The van der Waals surface area contributed by atoms with E-state index in [4.69, 9.17) is 4.74 Å². The van der Waals surface area contributed by atoms with E-state index in [0.717, 1.165) is 24.0 Å². The first kappa shape index (κ1) is 14.1. The third-order valence-electron chi connectivity index (χ3n) is 3.04. The Morgan fingerprint density at radius 2 is 2.12 bits per heavy atom. The lowest BCUT2D eigenvalue weighted by molar-refractivity contribution is -0.0160. The van der Waals surface area contributed by atoms with Gasteiger partial charge >= 0.3 is 0 Å². The maximum atomic E-state index is 12.9. The van der Waals surface area contributed by atoms with Gasteiger partial charge in [0.05, 0.1) is 12.2 Å². The second kappa shape index (κ2) is 6.72. The van der Waals surface area contributed by atoms with E-state index in [1.807, 2.05) is 6.92 Å². The van der Waals surface area contributed by atoms with Gasteiger partial charge in [0.15, 0.2) is 0 Å². The van der Waals surface area contributed by atoms with Crippen LogP contribution in [0.15, 0.2) is 18.2 Å². The van der Waals surface area contributed by atoms with Crippen LogP contribution in [-0.4, -0.2) is 24.4 Å². The van der Waals surface area contributed by atoms with Crippen molar-refractivity contribution in [2.75, 3.05) is 7.11 Å². The molecular weight excluding hydrogens is 219 g/mol. The van der Waals surface area contributed by atoms with E-state index in [-0.39, 0.29) is 11.9 Å². The quantitative estimate of drug-likeness (QED) is 0.828. The molecule has 0 saturated carbocycles. The lowest BCUT2D eigenvalue weighted by Gasteiger charge is -2.21. The summed E-state index contributed by atoms with van der Waals surface area (Å²) in [6, 6.07) is 4.65. The van der Waals surface area contributed by atoms with Gasteiger partial charge in [0.25, 0.3) is 0 Å². The third-order valence-corrected chi connectivity index (χ3v) is 3.04. The number of hydrogen-bond acceptors (Lipinski definition) is 2. The average molecular weight is 240 g/mol. The van der Waals surface area contributed by atoms with Crippen molar-refractivity contribution in [3.63, 3.8) is 0 Å². The number of rotatable bonds is 6. The molecule has 0 aliphatic carbocycles. The second-order valence-electron chi connectivity index (χ2n) is 4.41. The van der Waals surface area contributed by atoms with Crippen molar-refractivity contribution in [2.45, 2.75) is 45.3 Å². The maximum absolute atomic E-state index is 12.9. The minimum Gasteiger partial charge on any atom is -0.390 e. The van der Waals surface area contributed by atoms with Gasteiger partial charge < -0.3 is 9.84 Å². The molecular formula is C14H21FO2. The topological polar surface area (TPSA) is 29.5 Å². The lowest BCUT2D eigenvalue weighted by atomic mass is 9.98. The van der Waals surface area contributed by atoms with Crippen LogP contribution in [0.25, 0.3) is 0 Å². The molecule has 2 nitrogen and oxygen atoms in total. The first-order valence-corrected chi connectivity index (χ1v) is 6.04. The Morgan fingerprint density at radius 1 is 1.41 bits per heavy atom. The smallest absolute Gasteiger partial charge is 0.123 e. The predicted molar refractivity (Wildman–Crippen MR) is 66.6 cm³/mol. The summed E-state index contributed by atoms with van der Waals surface area (Å²) >= 11 is 0. The number of methoxy groups -OCH3 is 1. The van der Waals surface area contributed by atoms with Crippen molar-refractivity contribution < 1.29 is 14.2 Å². The molecule has 3 heteroatoms. The monoisotopic (exact) mass is 240 g/mol. The van der Waals surface area contributed by atoms with Gasteiger partial charge in [-0.3, -0.25) is 0 Å². The summed E-state index contributed by atoms with van der Waals surface area (Å²) in [6.45, 7) is 3.91. The molecule has 0 aromatic heterocycles. The van der Waals surface area contributed by atoms with Gasteiger partial charge in [-0.15, -0.1) is 0 Å². The van der Waals surface area contributed by atoms with E-state index in [2.05, 4.69) is 6.92 Å². The molecule has 0 bridgehead atoms. The summed E-state index contributed by atoms with van der Waals surface area (Å²) in [5.41, 5.74) is 1.84. The number of hydrogen-bond donors (Lipinski definition) is 1. The van der Waals surface area contributed by atoms with E-state index in [1.54, 1.807) is 13.2 Å². The van der Waals surface area contributed by atoms with Crippen LogP contribution in [0.2, 0.25) is 0 Å². The minimum atomic E-state index is -0.538. The van der Waals surface area contributed by atoms with Gasteiger partial charge in [0.1, 0.15) is 5.82 Å². The van der Waals surface area contributed by atoms with Gasteiger partial charge in [-0.25, -0.2) is 4.39 Å². The lowest BCUT2D eigenvalue weighted by Crippen LogP contribution is -2.30. The fourth-order valence-electron chi connectivity index (χ4n) is 2.00. The molecule has 2 unspecified atom stereocenters. The van der Waals surface area contributed by atoms with Crippen LogP contribution < -0.4 is 0 Å². The van der Waals surface area contributed by atoms with Gasteiger partial charge in [-0.05, 0) is 36.6 Å². The summed E-state index contributed by atoms with van der Waals surface area (Å²) in [7, 11) is 1.61. The number of aryl methyl sites for hydroxylation is 1. The summed E-state index contributed by atoms with van der Waals surface area (Å²) in [4.78, 5) is 0. The highest BCUT2D eigenvalue weighted by Gasteiger charge is 2.18. The Hall–Kier alpha value is -0.930. The number of aliphatic hydroxyl groups is 1. The van der Waals surface area contributed by atoms with Crippen molar-refractivity contribution in [3.8, 4) is 0 Å². The molecule has 0 amide bonds. The maximum Gasteiger partial charge on any atom is 0.123 e. The van der Waals surface area contributed by atoms with Crippen LogP contribution in [0.4, 0.5) is 4.39 Å². The Bertz CT molecular complexity index is 352. The molecule has 1 aromatic carbocycles. The molecule has 0 radical (unpaired) electrons. The SMILES string of the molecule is CCCC(OC)C(O)Cc1ccc(F)cc1C. The third kappa shape index (κ3) is 4.10. The molecule has 0 fully saturated rings. The summed E-state index contributed by atoms with van der Waals surface area (Å²) in [6.07, 6.45) is 1.62. The largest absolute Gasteiger partial charge is 0.390 e. The van der Waals surface area contributed by atoms with Crippen molar-refractivity contribution in [1.82, 2.24) is 0 Å². The molecule has 0 heterocycles. The first-order valence-electron chi connectivity index (χ1n) is 6.04. The van der Waals surface area contributed by atoms with Crippen LogP contribution in [0.1, 0.15) is 30.9 Å². The molecule has 96 valence electrons. The first-order chi connectivity index (χ1) is 8.08. The van der Waals surface area contributed by atoms with E-state index in [0.29, 0.717) is 6.42 Å². The molecule has 0 aliphatic heterocycles. The van der Waals surface area contributed by atoms with Crippen LogP contribution in [0, 0.1) is 12.7 Å². The highest BCUT2D eigenvalue weighted by molar-refractivity contribution is 5.27. The molecule has 0 aliphatic rings. The standard InChI is InChI=1S/C14H21FO2/c1-4-5-14(17-3)13(16)9-11-6-7-12(15)8-10(11)2/h6-8,13-14,16H,4-5,9H2,1-3H3. The highest BCUT2D eigenvalue weighted by Crippen LogP contribution is 2.16. The van der Waals surface area contributed by atoms with Gasteiger partial charge in [0.2, 0.25) is 0 Å². The Morgan fingerprint density at radius 3 is 2.65 bits per heavy atom. The van der Waals surface area contributed by atoms with Crippen molar-refractivity contribution in [1.29, 1.82) is 0 Å². The van der Waals surface area contributed by atoms with E-state index in [1.165, 1.54) is 12.1 Å². The Kier molecular flexibility index (Phi) is 5.59. The molecule has 0 spiro atoms. The average Bonchev–Trinajstić information content (AvgIpc) is 2.29. The summed E-state index contributed by atoms with van der Waals surface area (Å²) < 4.78 is 18.2. The number of halogens is 1. The van der Waals surface area contributed by atoms with Crippen LogP contribution in [0.3, 0.4) is 0 Å². The molecule has 2 atom stereocenters. The van der Waals surface area contributed by atoms with E-state index >= 15 is 0 Å². The number of aliphatic hydroxyl groups excluding tert-OH is 1. The number of ether oxygens (including phenoxy) is 1. The normalized spacial score (nSPS) is 14.6. The molecule has 1 rings (SSSR count). The van der Waals surface area contributed by atoms with Crippen molar-refractivity contribution in [3.05, 3.63) is 35.1 Å². The van der Waals surface area contributed by atoms with Gasteiger partial charge in [-0.2, -0.15) is 0 Å². The zero-order valence-corrected chi connectivity index (χ0v) is 10.7. The minimum absolute atomic E-state index is 0.149. The summed E-state index contributed by atoms with van der Waals surface area (Å²) in [5, 5.41) is 10.1. The van der Waals surface area contributed by atoms with E-state index in [9.17, 15) is 9.50 Å². The fourth-order valence-corrected chi connectivity index (χ4v) is 2.00. The van der Waals surface area contributed by atoms with Crippen molar-refractivity contribution in [2.24, 2.45) is 0 Å². The van der Waals surface area contributed by atoms with Crippen LogP contribution in [-0.2, 0) is 11.2 Å². The van der Waals surface area contributed by atoms with Crippen LogP contribution in [0.5, 0.6) is 0 Å². The fraction of sp³-hybridized carbons (Fsp3) is 0.571. The Labute approximate surface area is 102 Å². The van der Waals surface area contributed by atoms with Crippen LogP contribution >= 0.6 is 0 Å².